The predicted molar refractivity (Wildman–Crippen MR) is 484 cm³/mol. The predicted octanol–water partition coefficient (Wildman–Crippen LogP) is 16.5. The summed E-state index contributed by atoms with van der Waals surface area (Å²) in [5.74, 6) is -9.74. The maximum Gasteiger partial charge on any atom is 0.408 e. The zero-order valence-corrected chi connectivity index (χ0v) is 83.6. The second-order valence-corrected chi connectivity index (χ2v) is 43.7. The smallest absolute Gasteiger partial charge is 0.408 e. The number of esters is 9. The van der Waals surface area contributed by atoms with Crippen LogP contribution in [0.4, 0.5) is 9.59 Å². The van der Waals surface area contributed by atoms with Gasteiger partial charge in [-0.25, -0.2) is 9.59 Å². The lowest BCUT2D eigenvalue weighted by molar-refractivity contribution is -0.158. The molecule has 6 amide bonds. The summed E-state index contributed by atoms with van der Waals surface area (Å²) in [5.41, 5.74) is -16.5. The van der Waals surface area contributed by atoms with Gasteiger partial charge in [-0.05, 0) is 310 Å². The summed E-state index contributed by atoms with van der Waals surface area (Å²) in [6.45, 7) is 49.5. The van der Waals surface area contributed by atoms with Gasteiger partial charge in [0.2, 0.25) is 23.6 Å². The second-order valence-electron chi connectivity index (χ2n) is 43.3. The monoisotopic (exact) mass is 1840 g/mol. The van der Waals surface area contributed by atoms with Crippen molar-refractivity contribution in [1.82, 2.24) is 31.9 Å². The summed E-state index contributed by atoms with van der Waals surface area (Å²) in [5, 5.41) is 18.1. The molecule has 0 bridgehead atoms. The third-order valence-electron chi connectivity index (χ3n) is 18.7. The molecule has 0 saturated carbocycles. The summed E-state index contributed by atoms with van der Waals surface area (Å²) in [7, 11) is 0. The molecule has 1 aromatic carbocycles. The van der Waals surface area contributed by atoms with E-state index in [1.807, 2.05) is 0 Å². The molecule has 0 aliphatic carbocycles. The summed E-state index contributed by atoms with van der Waals surface area (Å²) in [4.78, 5) is 216. The van der Waals surface area contributed by atoms with E-state index in [1.165, 1.54) is 0 Å². The topological polar surface area (TPSA) is 430 Å². The largest absolute Gasteiger partial charge is 0.460 e. The zero-order chi connectivity index (χ0) is 98.7. The molecule has 0 unspecified atom stereocenters. The van der Waals surface area contributed by atoms with Crippen molar-refractivity contribution in [3.05, 3.63) is 34.9 Å². The van der Waals surface area contributed by atoms with E-state index in [0.717, 1.165) is 0 Å². The summed E-state index contributed by atoms with van der Waals surface area (Å²) < 4.78 is 63.1. The minimum Gasteiger partial charge on any atom is -0.460 e. The molecule has 0 aliphatic rings. The van der Waals surface area contributed by atoms with Gasteiger partial charge in [-0.3, -0.25) is 62.3 Å². The Balaban J connectivity index is 5.11. The average Bonchev–Trinajstić information content (AvgIpc) is 0.810. The first kappa shape index (κ1) is 117. The summed E-state index contributed by atoms with van der Waals surface area (Å²) in [6, 6.07) is 5.20. The van der Waals surface area contributed by atoms with E-state index >= 15 is 19.2 Å². The number of nitrogens with one attached hydrogen (secondary N) is 6. The highest BCUT2D eigenvalue weighted by Gasteiger charge is 2.44. The first-order valence-electron chi connectivity index (χ1n) is 44.8. The van der Waals surface area contributed by atoms with Crippen LogP contribution >= 0.6 is 11.6 Å². The number of benzene rings is 1. The van der Waals surface area contributed by atoms with Crippen LogP contribution < -0.4 is 31.9 Å². The van der Waals surface area contributed by atoms with E-state index in [4.69, 9.17) is 63.7 Å². The highest BCUT2D eigenvalue weighted by atomic mass is 35.5. The normalized spacial score (nSPS) is 13.1. The van der Waals surface area contributed by atoms with Crippen molar-refractivity contribution in [2.75, 3.05) is 6.54 Å². The van der Waals surface area contributed by atoms with Crippen LogP contribution in [0.3, 0.4) is 0 Å². The third-order valence-corrected chi connectivity index (χ3v) is 19.0. The molecule has 1 aromatic rings. The van der Waals surface area contributed by atoms with Crippen molar-refractivity contribution in [2.24, 2.45) is 0 Å². The number of rotatable bonds is 49. The first-order chi connectivity index (χ1) is 58.0. The molecule has 0 saturated heterocycles. The number of hydrogen-bond acceptors (Lipinski definition) is 26. The number of carbonyl (C=O) groups is 15. The standard InChI is InChI=1S/C95H159ClN6O26/c1-82(2,3)119-70(106)41-53-92(54-42-71(107)120-83(4,5)6,55-43-72(108)121-84(7,8)9)99-67(103)38-50-95(102-79(115)66(98-81(117)128-91(28,29)30)37-33-34-62-97-80(116)118-63-64-35-31-32-36-65(64)96,51-39-68(104)100-93(56-44-73(109)122-85(10,11)12,57-45-74(110)123-86(13,14)15)58-46-75(111)124-87(16,17)18)52-40-69(105)101-94(59-47-76(112)125-88(19,20)21,60-48-77(113)126-89(22,23)24)61-49-78(114)127-90(25,26)27/h31-32,35-36,66H,33-34,37-63H2,1-30H3,(H,97,116)(H,98,117)(H,99,103)(H,100,104)(H,101,105)(H,102,115)/t66-/m1/s1. The number of amides is 6. The van der Waals surface area contributed by atoms with Gasteiger partial charge in [0, 0.05) is 116 Å². The first-order valence-corrected chi connectivity index (χ1v) is 45.2. The van der Waals surface area contributed by atoms with Gasteiger partial charge in [-0.2, -0.15) is 0 Å². The van der Waals surface area contributed by atoms with Crippen LogP contribution in [0.5, 0.6) is 0 Å². The molecular formula is C95H159ClN6O26. The maximum absolute atomic E-state index is 16.2. The number of alkyl carbamates (subject to hydrolysis) is 2. The Labute approximate surface area is 766 Å². The van der Waals surface area contributed by atoms with Crippen molar-refractivity contribution in [3.8, 4) is 0 Å². The Bertz CT molecular complexity index is 3310. The van der Waals surface area contributed by atoms with Gasteiger partial charge in [0.15, 0.2) is 0 Å². The maximum atomic E-state index is 16.2. The van der Waals surface area contributed by atoms with Crippen LogP contribution in [0.1, 0.15) is 387 Å². The molecule has 33 heteroatoms. The fraction of sp³-hybridized carbons (Fsp3) is 0.779. The third kappa shape index (κ3) is 58.0. The summed E-state index contributed by atoms with van der Waals surface area (Å²) >= 11 is 6.34. The van der Waals surface area contributed by atoms with Crippen LogP contribution in [0.15, 0.2) is 24.3 Å². The van der Waals surface area contributed by atoms with Gasteiger partial charge < -0.3 is 84.0 Å². The molecule has 732 valence electrons. The van der Waals surface area contributed by atoms with Crippen LogP contribution in [0.25, 0.3) is 0 Å². The highest BCUT2D eigenvalue weighted by Crippen LogP contribution is 2.36. The number of unbranched alkanes of at least 4 members (excludes halogenated alkanes) is 1. The Morgan fingerprint density at radius 1 is 0.281 bits per heavy atom. The van der Waals surface area contributed by atoms with Crippen molar-refractivity contribution in [3.63, 3.8) is 0 Å². The zero-order valence-electron chi connectivity index (χ0n) is 82.9. The van der Waals surface area contributed by atoms with E-state index < -0.39 is 212 Å². The number of ether oxygens (including phenoxy) is 11. The lowest BCUT2D eigenvalue weighted by Gasteiger charge is -2.40. The highest BCUT2D eigenvalue weighted by molar-refractivity contribution is 6.31. The van der Waals surface area contributed by atoms with Crippen LogP contribution in [-0.2, 0) is 121 Å². The number of carbonyl (C=O) groups excluding carboxylic acids is 15. The van der Waals surface area contributed by atoms with Gasteiger partial charge in [0.05, 0.1) is 0 Å². The Hall–Kier alpha value is -8.84. The molecule has 0 aliphatic heterocycles. The van der Waals surface area contributed by atoms with E-state index in [1.54, 1.807) is 232 Å². The molecule has 1 atom stereocenters. The Kier molecular flexibility index (Phi) is 46.3. The molecule has 0 spiro atoms. The Morgan fingerprint density at radius 3 is 0.727 bits per heavy atom. The molecule has 0 aromatic heterocycles. The average molecular weight is 1840 g/mol. The molecular weight excluding hydrogens is 1680 g/mol. The molecule has 32 nitrogen and oxygen atoms in total. The van der Waals surface area contributed by atoms with Crippen molar-refractivity contribution in [1.29, 1.82) is 0 Å². The molecule has 6 N–H and O–H groups in total. The van der Waals surface area contributed by atoms with Crippen LogP contribution in [-0.4, -0.2) is 180 Å². The lowest BCUT2D eigenvalue weighted by atomic mass is 9.80. The minimum atomic E-state index is -2.05. The quantitative estimate of drug-likeness (QED) is 0.0200. The minimum absolute atomic E-state index is 0.0101. The lowest BCUT2D eigenvalue weighted by Crippen LogP contribution is -2.58. The molecule has 1 rings (SSSR count). The Morgan fingerprint density at radius 2 is 0.500 bits per heavy atom. The van der Waals surface area contributed by atoms with Crippen LogP contribution in [0.2, 0.25) is 5.02 Å². The number of halogens is 1. The van der Waals surface area contributed by atoms with Gasteiger partial charge >= 0.3 is 65.9 Å². The van der Waals surface area contributed by atoms with Gasteiger partial charge in [-0.1, -0.05) is 29.8 Å². The number of hydrogen-bond donors (Lipinski definition) is 6. The van der Waals surface area contributed by atoms with E-state index in [-0.39, 0.29) is 148 Å². The van der Waals surface area contributed by atoms with Crippen molar-refractivity contribution in [2.45, 2.75) is 472 Å². The fourth-order valence-electron chi connectivity index (χ4n) is 13.5. The SMILES string of the molecule is CC(C)(C)OC(=O)CCC(CCC(=O)OC(C)(C)C)(CCC(=O)OC(C)(C)C)NC(=O)CCC(CCC(=O)NC(CCC(=O)OC(C)(C)C)(CCC(=O)OC(C)(C)C)CCC(=O)OC(C)(C)C)(CCC(=O)NC(CCC(=O)OC(C)(C)C)(CCC(=O)OC(C)(C)C)CCC(=O)OC(C)(C)C)NC(=O)[C@@H](CCCCNC(=O)OCc1ccccc1Cl)NC(=O)OC(C)(C)C. The second kappa shape index (κ2) is 50.5. The summed E-state index contributed by atoms with van der Waals surface area (Å²) in [6.07, 6.45) is -10.9. The van der Waals surface area contributed by atoms with Crippen LogP contribution in [0, 0.1) is 0 Å². The van der Waals surface area contributed by atoms with Crippen molar-refractivity contribution < 1.29 is 124 Å². The molecule has 0 heterocycles. The molecule has 0 radical (unpaired) electrons. The van der Waals surface area contributed by atoms with Gasteiger partial charge in [0.25, 0.3) is 0 Å². The molecule has 128 heavy (non-hydrogen) atoms. The fourth-order valence-corrected chi connectivity index (χ4v) is 13.7. The van der Waals surface area contributed by atoms with Crippen molar-refractivity contribution >= 4 is 101 Å². The van der Waals surface area contributed by atoms with E-state index in [2.05, 4.69) is 31.9 Å². The van der Waals surface area contributed by atoms with E-state index in [0.29, 0.717) is 10.6 Å². The molecule has 0 fully saturated rings. The van der Waals surface area contributed by atoms with Gasteiger partial charge in [-0.15, -0.1) is 0 Å². The van der Waals surface area contributed by atoms with E-state index in [9.17, 15) is 52.7 Å². The van der Waals surface area contributed by atoms with Gasteiger partial charge in [0.1, 0.15) is 68.7 Å².